The van der Waals surface area contributed by atoms with Gasteiger partial charge in [0.25, 0.3) is 0 Å². The number of hydrogen-bond acceptors (Lipinski definition) is 2. The van der Waals surface area contributed by atoms with E-state index in [0.717, 1.165) is 19.3 Å². The first kappa shape index (κ1) is 14.1. The Morgan fingerprint density at radius 1 is 1.24 bits per heavy atom. The van der Waals surface area contributed by atoms with Gasteiger partial charge < -0.3 is 0 Å². The Bertz CT molecular complexity index is 313. The normalized spacial score (nSPS) is 21.5. The highest BCUT2D eigenvalue weighted by Crippen LogP contribution is 2.40. The van der Waals surface area contributed by atoms with E-state index in [9.17, 15) is 9.59 Å². The molecule has 0 aromatic heterocycles. The monoisotopic (exact) mass is 235 g/mol. The first-order valence-electron chi connectivity index (χ1n) is 6.55. The van der Waals surface area contributed by atoms with E-state index in [-0.39, 0.29) is 22.9 Å². The fourth-order valence-electron chi connectivity index (χ4n) is 2.39. The van der Waals surface area contributed by atoms with Crippen LogP contribution in [0, 0.1) is 18.3 Å². The number of carbonyl (C=O) groups is 2. The van der Waals surface area contributed by atoms with Crippen molar-refractivity contribution in [3.8, 4) is 0 Å². The molecule has 0 saturated heterocycles. The molecule has 2 nitrogen and oxygen atoms in total. The number of allylic oxidation sites excluding steroid dienone is 2. The second kappa shape index (κ2) is 5.61. The second-order valence-electron chi connectivity index (χ2n) is 5.25. The Hall–Kier alpha value is -0.920. The van der Waals surface area contributed by atoms with E-state index in [2.05, 4.69) is 20.8 Å². The lowest BCUT2D eigenvalue weighted by molar-refractivity contribution is -0.128. The van der Waals surface area contributed by atoms with Gasteiger partial charge in [0.15, 0.2) is 11.6 Å². The van der Waals surface area contributed by atoms with Crippen LogP contribution in [0.25, 0.3) is 0 Å². The predicted molar refractivity (Wildman–Crippen MR) is 69.5 cm³/mol. The number of carbonyl (C=O) groups excluding carboxylic acids is 2. The summed E-state index contributed by atoms with van der Waals surface area (Å²) in [5.74, 6) is 0.268. The van der Waals surface area contributed by atoms with E-state index in [4.69, 9.17) is 0 Å². The molecule has 0 aromatic rings. The van der Waals surface area contributed by atoms with Crippen LogP contribution in [0.4, 0.5) is 0 Å². The molecular weight excluding hydrogens is 212 g/mol. The molecule has 1 aliphatic rings. The van der Waals surface area contributed by atoms with Gasteiger partial charge in [-0.1, -0.05) is 33.8 Å². The van der Waals surface area contributed by atoms with Crippen LogP contribution in [-0.2, 0) is 9.59 Å². The number of rotatable bonds is 4. The van der Waals surface area contributed by atoms with Gasteiger partial charge in [-0.05, 0) is 30.6 Å². The maximum atomic E-state index is 12.1. The van der Waals surface area contributed by atoms with E-state index in [1.54, 1.807) is 0 Å². The fourth-order valence-corrected chi connectivity index (χ4v) is 2.39. The average Bonchev–Trinajstić information content (AvgIpc) is 2.33. The highest BCUT2D eigenvalue weighted by molar-refractivity contribution is 6.22. The van der Waals surface area contributed by atoms with Crippen LogP contribution < -0.4 is 0 Å². The molecule has 1 radical (unpaired) electrons. The molecule has 1 aliphatic carbocycles. The van der Waals surface area contributed by atoms with Crippen LogP contribution in [0.3, 0.4) is 0 Å². The van der Waals surface area contributed by atoms with Gasteiger partial charge in [0, 0.05) is 12.8 Å². The molecule has 95 valence electrons. The molecule has 0 heterocycles. The molecule has 0 amide bonds. The third-order valence-electron chi connectivity index (χ3n) is 4.08. The molecule has 0 N–H and O–H groups in total. The molecule has 2 heteroatoms. The van der Waals surface area contributed by atoms with Crippen molar-refractivity contribution in [3.05, 3.63) is 18.6 Å². The molecule has 0 aliphatic heterocycles. The lowest BCUT2D eigenvalue weighted by Crippen LogP contribution is -2.35. The standard InChI is InChI=1S/C15H23O2/c1-5-11(4)8-12-13(16)9-15(6-2,7-3)10-14(12)17/h8,11H,1,5-7,9-10H2,2-4H3. The summed E-state index contributed by atoms with van der Waals surface area (Å²) in [6.45, 7) is 9.92. The molecule has 1 fully saturated rings. The maximum Gasteiger partial charge on any atom is 0.166 e. The summed E-state index contributed by atoms with van der Waals surface area (Å²) in [5.41, 5.74) is 0.345. The summed E-state index contributed by atoms with van der Waals surface area (Å²) in [6.07, 6.45) is 5.39. The minimum absolute atomic E-state index is 0.0326. The van der Waals surface area contributed by atoms with Gasteiger partial charge >= 0.3 is 0 Å². The van der Waals surface area contributed by atoms with Crippen molar-refractivity contribution in [1.29, 1.82) is 0 Å². The zero-order valence-electron chi connectivity index (χ0n) is 11.2. The van der Waals surface area contributed by atoms with E-state index in [1.165, 1.54) is 0 Å². The van der Waals surface area contributed by atoms with E-state index in [1.807, 2.05) is 13.0 Å². The fraction of sp³-hybridized carbons (Fsp3) is 0.667. The van der Waals surface area contributed by atoms with Gasteiger partial charge in [-0.3, -0.25) is 9.59 Å². The highest BCUT2D eigenvalue weighted by atomic mass is 16.1. The Balaban J connectivity index is 2.93. The van der Waals surface area contributed by atoms with Crippen LogP contribution in [0.2, 0.25) is 0 Å². The van der Waals surface area contributed by atoms with Gasteiger partial charge in [0.05, 0.1) is 5.57 Å². The summed E-state index contributed by atoms with van der Waals surface area (Å²) in [5, 5.41) is 0. The zero-order valence-corrected chi connectivity index (χ0v) is 11.2. The molecule has 0 spiro atoms. The Labute approximate surface area is 104 Å². The zero-order chi connectivity index (χ0) is 13.1. The molecule has 1 unspecified atom stereocenters. The van der Waals surface area contributed by atoms with Crippen molar-refractivity contribution >= 4 is 11.6 Å². The molecule has 17 heavy (non-hydrogen) atoms. The van der Waals surface area contributed by atoms with Crippen molar-refractivity contribution in [3.63, 3.8) is 0 Å². The minimum atomic E-state index is -0.0841. The van der Waals surface area contributed by atoms with Gasteiger partial charge in [-0.15, -0.1) is 0 Å². The van der Waals surface area contributed by atoms with Gasteiger partial charge in [-0.2, -0.15) is 0 Å². The van der Waals surface area contributed by atoms with Crippen molar-refractivity contribution in [2.45, 2.75) is 52.9 Å². The summed E-state index contributed by atoms with van der Waals surface area (Å²) in [7, 11) is 0. The third kappa shape index (κ3) is 3.05. The van der Waals surface area contributed by atoms with Crippen LogP contribution in [0.5, 0.6) is 0 Å². The second-order valence-corrected chi connectivity index (χ2v) is 5.25. The van der Waals surface area contributed by atoms with Crippen molar-refractivity contribution < 1.29 is 9.59 Å². The minimum Gasteiger partial charge on any atom is -0.294 e. The summed E-state index contributed by atoms with van der Waals surface area (Å²) in [4.78, 5) is 24.2. The van der Waals surface area contributed by atoms with Crippen molar-refractivity contribution in [2.24, 2.45) is 11.3 Å². The molecule has 1 saturated carbocycles. The number of ketones is 2. The van der Waals surface area contributed by atoms with Crippen LogP contribution in [-0.4, -0.2) is 11.6 Å². The van der Waals surface area contributed by atoms with Gasteiger partial charge in [0.2, 0.25) is 0 Å². The summed E-state index contributed by atoms with van der Waals surface area (Å²) in [6, 6.07) is 0. The first-order chi connectivity index (χ1) is 7.98. The first-order valence-corrected chi connectivity index (χ1v) is 6.55. The van der Waals surface area contributed by atoms with Crippen LogP contribution in [0.1, 0.15) is 52.9 Å². The average molecular weight is 235 g/mol. The summed E-state index contributed by atoms with van der Waals surface area (Å²) < 4.78 is 0. The maximum absolute atomic E-state index is 12.1. The Morgan fingerprint density at radius 2 is 1.71 bits per heavy atom. The topological polar surface area (TPSA) is 34.1 Å². The Kier molecular flexibility index (Phi) is 4.67. The quantitative estimate of drug-likeness (QED) is 0.552. The van der Waals surface area contributed by atoms with Gasteiger partial charge in [0.1, 0.15) is 0 Å². The van der Waals surface area contributed by atoms with E-state index in [0.29, 0.717) is 18.4 Å². The molecule has 0 bridgehead atoms. The predicted octanol–water partition coefficient (Wildman–Crippen LogP) is 3.51. The van der Waals surface area contributed by atoms with Crippen molar-refractivity contribution in [1.82, 2.24) is 0 Å². The van der Waals surface area contributed by atoms with E-state index < -0.39 is 0 Å². The third-order valence-corrected chi connectivity index (χ3v) is 4.08. The van der Waals surface area contributed by atoms with Crippen molar-refractivity contribution in [2.75, 3.05) is 0 Å². The van der Waals surface area contributed by atoms with E-state index >= 15 is 0 Å². The Morgan fingerprint density at radius 3 is 2.06 bits per heavy atom. The largest absolute Gasteiger partial charge is 0.294 e. The smallest absolute Gasteiger partial charge is 0.166 e. The number of hydrogen-bond donors (Lipinski definition) is 0. The molecule has 1 atom stereocenters. The summed E-state index contributed by atoms with van der Waals surface area (Å²) >= 11 is 0. The number of Topliss-reactive ketones (excluding diaryl/α,β-unsaturated/α-hetero) is 2. The lowest BCUT2D eigenvalue weighted by Gasteiger charge is -2.34. The van der Waals surface area contributed by atoms with Gasteiger partial charge in [-0.25, -0.2) is 0 Å². The highest BCUT2D eigenvalue weighted by Gasteiger charge is 2.39. The van der Waals surface area contributed by atoms with Crippen LogP contribution >= 0.6 is 0 Å². The van der Waals surface area contributed by atoms with Crippen LogP contribution in [0.15, 0.2) is 11.6 Å². The SMILES string of the molecule is [CH2]CC(C)C=C1C(=O)CC(CC)(CC)CC1=O. The molecule has 0 aromatic carbocycles. The lowest BCUT2D eigenvalue weighted by atomic mass is 9.68. The molecule has 1 rings (SSSR count). The molecular formula is C15H23O2.